The van der Waals surface area contributed by atoms with Gasteiger partial charge in [-0.2, -0.15) is 0 Å². The average Bonchev–Trinajstić information content (AvgIpc) is 2.24. The molecule has 0 saturated heterocycles. The van der Waals surface area contributed by atoms with Crippen LogP contribution >= 0.6 is 0 Å². The van der Waals surface area contributed by atoms with Gasteiger partial charge in [-0.05, 0) is 34.6 Å². The molecule has 1 rings (SSSR count). The lowest BCUT2D eigenvalue weighted by molar-refractivity contribution is -0.138. The molecule has 0 fully saturated rings. The van der Waals surface area contributed by atoms with Gasteiger partial charge in [0.05, 0.1) is 11.6 Å². The molecule has 1 unspecified atom stereocenters. The molecule has 4 heteroatoms. The van der Waals surface area contributed by atoms with Crippen molar-refractivity contribution in [3.8, 4) is 0 Å². The predicted molar refractivity (Wildman–Crippen MR) is 73.0 cm³/mol. The highest BCUT2D eigenvalue weighted by Gasteiger charge is 2.28. The summed E-state index contributed by atoms with van der Waals surface area (Å²) >= 11 is 0. The van der Waals surface area contributed by atoms with Crippen molar-refractivity contribution in [2.45, 2.75) is 71.8 Å². The Labute approximate surface area is 111 Å². The molecule has 0 aromatic heterocycles. The molecule has 1 atom stereocenters. The Kier molecular flexibility index (Phi) is 6.09. The van der Waals surface area contributed by atoms with Crippen LogP contribution < -0.4 is 0 Å². The number of hydrogen-bond acceptors (Lipinski definition) is 4. The lowest BCUT2D eigenvalue weighted by atomic mass is 9.97. The third-order valence-corrected chi connectivity index (χ3v) is 2.85. The lowest BCUT2D eigenvalue weighted by Crippen LogP contribution is -2.34. The predicted octanol–water partition coefficient (Wildman–Crippen LogP) is 3.15. The van der Waals surface area contributed by atoms with Crippen LogP contribution in [0.25, 0.3) is 0 Å². The summed E-state index contributed by atoms with van der Waals surface area (Å²) in [5.74, 6) is 0.836. The zero-order valence-electron chi connectivity index (χ0n) is 12.4. The molecular weight excluding hydrogens is 230 g/mol. The normalized spacial score (nSPS) is 22.8. The van der Waals surface area contributed by atoms with Crippen LogP contribution in [0.5, 0.6) is 0 Å². The van der Waals surface area contributed by atoms with Gasteiger partial charge in [-0.25, -0.2) is 4.99 Å². The summed E-state index contributed by atoms with van der Waals surface area (Å²) < 4.78 is 16.8. The fourth-order valence-corrected chi connectivity index (χ4v) is 2.33. The van der Waals surface area contributed by atoms with Crippen molar-refractivity contribution in [2.75, 3.05) is 13.2 Å². The van der Waals surface area contributed by atoms with E-state index in [9.17, 15) is 0 Å². The van der Waals surface area contributed by atoms with Crippen LogP contribution in [0.4, 0.5) is 0 Å². The maximum atomic E-state index is 5.77. The van der Waals surface area contributed by atoms with Gasteiger partial charge >= 0.3 is 0 Å². The molecule has 0 amide bonds. The third-order valence-electron chi connectivity index (χ3n) is 2.85. The Bertz CT molecular complexity index is 270. The highest BCUT2D eigenvalue weighted by atomic mass is 16.7. The van der Waals surface area contributed by atoms with Gasteiger partial charge in [0.25, 0.3) is 0 Å². The van der Waals surface area contributed by atoms with Gasteiger partial charge in [0.1, 0.15) is 0 Å². The molecule has 0 spiro atoms. The van der Waals surface area contributed by atoms with Gasteiger partial charge in [0.15, 0.2) is 12.2 Å². The van der Waals surface area contributed by atoms with Gasteiger partial charge in [0, 0.05) is 32.5 Å². The first-order valence-electron chi connectivity index (χ1n) is 6.95. The van der Waals surface area contributed by atoms with Crippen molar-refractivity contribution in [3.05, 3.63) is 0 Å². The highest BCUT2D eigenvalue weighted by Crippen LogP contribution is 2.25. The summed E-state index contributed by atoms with van der Waals surface area (Å²) in [6.07, 6.45) is 2.63. The van der Waals surface area contributed by atoms with Crippen molar-refractivity contribution in [3.63, 3.8) is 0 Å². The van der Waals surface area contributed by atoms with Crippen LogP contribution in [0.3, 0.4) is 0 Å². The monoisotopic (exact) mass is 257 g/mol. The van der Waals surface area contributed by atoms with Crippen LogP contribution in [0.2, 0.25) is 0 Å². The van der Waals surface area contributed by atoms with E-state index in [0.717, 1.165) is 25.2 Å². The molecule has 106 valence electrons. The second-order valence-corrected chi connectivity index (χ2v) is 5.33. The quantitative estimate of drug-likeness (QED) is 0.658. The largest absolute Gasteiger partial charge is 0.478 e. The minimum atomic E-state index is -0.147. The summed E-state index contributed by atoms with van der Waals surface area (Å²) in [5.41, 5.74) is -0.0142. The van der Waals surface area contributed by atoms with Crippen LogP contribution in [0.1, 0.15) is 53.9 Å². The molecule has 18 heavy (non-hydrogen) atoms. The van der Waals surface area contributed by atoms with Gasteiger partial charge in [-0.15, -0.1) is 0 Å². The fourth-order valence-electron chi connectivity index (χ4n) is 2.33. The smallest absolute Gasteiger partial charge is 0.184 e. The second-order valence-electron chi connectivity index (χ2n) is 5.33. The highest BCUT2D eigenvalue weighted by molar-refractivity contribution is 5.77. The molecule has 0 aliphatic carbocycles. The first-order valence-corrected chi connectivity index (χ1v) is 6.95. The van der Waals surface area contributed by atoms with E-state index in [1.54, 1.807) is 0 Å². The first kappa shape index (κ1) is 15.4. The molecule has 1 heterocycles. The fraction of sp³-hybridized carbons (Fsp3) is 0.929. The number of nitrogens with zero attached hydrogens (tertiary/aromatic N) is 1. The molecular formula is C14H27NO3. The average molecular weight is 257 g/mol. The summed E-state index contributed by atoms with van der Waals surface area (Å²) in [5, 5.41) is 0. The van der Waals surface area contributed by atoms with E-state index < -0.39 is 0 Å². The third kappa shape index (κ3) is 5.36. The van der Waals surface area contributed by atoms with Crippen LogP contribution in [0.15, 0.2) is 4.99 Å². The van der Waals surface area contributed by atoms with E-state index in [4.69, 9.17) is 14.2 Å². The molecule has 0 radical (unpaired) electrons. The summed E-state index contributed by atoms with van der Waals surface area (Å²) in [6, 6.07) is 0. The second kappa shape index (κ2) is 7.10. The van der Waals surface area contributed by atoms with Gasteiger partial charge in [-0.1, -0.05) is 0 Å². The molecule has 0 aromatic carbocycles. The molecule has 1 aliphatic heterocycles. The van der Waals surface area contributed by atoms with Gasteiger partial charge in [0.2, 0.25) is 0 Å². The van der Waals surface area contributed by atoms with Gasteiger partial charge < -0.3 is 14.2 Å². The zero-order chi connectivity index (χ0) is 13.6. The van der Waals surface area contributed by atoms with E-state index in [1.807, 2.05) is 13.8 Å². The molecule has 1 aliphatic rings. The SMILES string of the molecule is CCOC(CCC1=NC(C)(C)CC(C)O1)OCC. The Morgan fingerprint density at radius 3 is 2.44 bits per heavy atom. The maximum Gasteiger partial charge on any atom is 0.184 e. The van der Waals surface area contributed by atoms with Crippen molar-refractivity contribution < 1.29 is 14.2 Å². The summed E-state index contributed by atoms with van der Waals surface area (Å²) in [7, 11) is 0. The topological polar surface area (TPSA) is 40.0 Å². The van der Waals surface area contributed by atoms with E-state index in [1.165, 1.54) is 0 Å². The zero-order valence-corrected chi connectivity index (χ0v) is 12.4. The van der Waals surface area contributed by atoms with E-state index >= 15 is 0 Å². The van der Waals surface area contributed by atoms with Crippen molar-refractivity contribution >= 4 is 5.90 Å². The molecule has 0 bridgehead atoms. The molecule has 0 saturated carbocycles. The number of aliphatic imine (C=N–C) groups is 1. The van der Waals surface area contributed by atoms with Crippen LogP contribution in [-0.2, 0) is 14.2 Å². The van der Waals surface area contributed by atoms with Crippen LogP contribution in [0, 0.1) is 0 Å². The summed E-state index contributed by atoms with van der Waals surface area (Å²) in [6.45, 7) is 11.7. The Hall–Kier alpha value is -0.610. The van der Waals surface area contributed by atoms with Gasteiger partial charge in [-0.3, -0.25) is 0 Å². The minimum absolute atomic E-state index is 0.0142. The number of rotatable bonds is 7. The van der Waals surface area contributed by atoms with E-state index in [-0.39, 0.29) is 17.9 Å². The lowest BCUT2D eigenvalue weighted by Gasteiger charge is -2.32. The summed E-state index contributed by atoms with van der Waals surface area (Å²) in [4.78, 5) is 4.64. The molecule has 4 nitrogen and oxygen atoms in total. The van der Waals surface area contributed by atoms with Crippen molar-refractivity contribution in [2.24, 2.45) is 4.99 Å². The number of hydrogen-bond donors (Lipinski definition) is 0. The molecule has 0 N–H and O–H groups in total. The Morgan fingerprint density at radius 2 is 1.94 bits per heavy atom. The van der Waals surface area contributed by atoms with Crippen LogP contribution in [-0.4, -0.2) is 37.0 Å². The standard InChI is InChI=1S/C14H27NO3/c1-6-16-13(17-7-2)9-8-12-15-14(4,5)10-11(3)18-12/h11,13H,6-10H2,1-5H3. The molecule has 0 aromatic rings. The minimum Gasteiger partial charge on any atom is -0.478 e. The van der Waals surface area contributed by atoms with E-state index in [0.29, 0.717) is 13.2 Å². The van der Waals surface area contributed by atoms with E-state index in [2.05, 4.69) is 25.8 Å². The first-order chi connectivity index (χ1) is 8.46. The Balaban J connectivity index is 2.48. The maximum absolute atomic E-state index is 5.77. The van der Waals surface area contributed by atoms with Crippen molar-refractivity contribution in [1.82, 2.24) is 0 Å². The number of ether oxygens (including phenoxy) is 3. The van der Waals surface area contributed by atoms with Crippen molar-refractivity contribution in [1.29, 1.82) is 0 Å². The Morgan fingerprint density at radius 1 is 1.33 bits per heavy atom.